The summed E-state index contributed by atoms with van der Waals surface area (Å²) in [5.41, 5.74) is 3.19. The SMILES string of the molecule is ClCCCC[C@@H]1CCCc2ccccc21. The molecular weight excluding hydrogens is 204 g/mol. The van der Waals surface area contributed by atoms with Gasteiger partial charge in [0.1, 0.15) is 0 Å². The summed E-state index contributed by atoms with van der Waals surface area (Å²) in [6.45, 7) is 0. The molecule has 0 radical (unpaired) electrons. The predicted octanol–water partition coefficient (Wildman–Crippen LogP) is 4.52. The molecule has 0 aromatic heterocycles. The molecule has 0 saturated carbocycles. The summed E-state index contributed by atoms with van der Waals surface area (Å²) in [5.74, 6) is 1.62. The molecule has 1 aromatic carbocycles. The van der Waals surface area contributed by atoms with Crippen molar-refractivity contribution in [3.63, 3.8) is 0 Å². The van der Waals surface area contributed by atoms with Gasteiger partial charge < -0.3 is 0 Å². The normalized spacial score (nSPS) is 19.9. The first kappa shape index (κ1) is 11.0. The smallest absolute Gasteiger partial charge is 0.0223 e. The summed E-state index contributed by atoms with van der Waals surface area (Å²) in [4.78, 5) is 0. The number of unbranched alkanes of at least 4 members (excludes halogenated alkanes) is 1. The van der Waals surface area contributed by atoms with Crippen molar-refractivity contribution in [2.75, 3.05) is 5.88 Å². The highest BCUT2D eigenvalue weighted by Gasteiger charge is 2.18. The Balaban J connectivity index is 2.02. The van der Waals surface area contributed by atoms with E-state index in [9.17, 15) is 0 Å². The fourth-order valence-electron chi connectivity index (χ4n) is 2.64. The van der Waals surface area contributed by atoms with Crippen LogP contribution in [0, 0.1) is 0 Å². The van der Waals surface area contributed by atoms with E-state index in [1.807, 2.05) is 0 Å². The molecule has 1 aliphatic carbocycles. The molecule has 82 valence electrons. The van der Waals surface area contributed by atoms with Crippen molar-refractivity contribution < 1.29 is 0 Å². The van der Waals surface area contributed by atoms with Crippen LogP contribution in [0.5, 0.6) is 0 Å². The molecule has 0 nitrogen and oxygen atoms in total. The van der Waals surface area contributed by atoms with E-state index in [1.54, 1.807) is 11.1 Å². The maximum absolute atomic E-state index is 5.72. The van der Waals surface area contributed by atoms with Crippen LogP contribution in [0.25, 0.3) is 0 Å². The van der Waals surface area contributed by atoms with E-state index in [4.69, 9.17) is 11.6 Å². The quantitative estimate of drug-likeness (QED) is 0.519. The number of fused-ring (bicyclic) bond motifs is 1. The molecular formula is C14H19Cl. The summed E-state index contributed by atoms with van der Waals surface area (Å²) in [6, 6.07) is 8.96. The predicted molar refractivity (Wildman–Crippen MR) is 66.7 cm³/mol. The second-order valence-electron chi connectivity index (χ2n) is 4.47. The monoisotopic (exact) mass is 222 g/mol. The first-order valence-electron chi connectivity index (χ1n) is 6.05. The molecule has 0 unspecified atom stereocenters. The lowest BCUT2D eigenvalue weighted by Crippen LogP contribution is -2.09. The minimum atomic E-state index is 0.804. The molecule has 0 fully saturated rings. The molecule has 15 heavy (non-hydrogen) atoms. The number of rotatable bonds is 4. The van der Waals surface area contributed by atoms with Crippen molar-refractivity contribution in [2.45, 2.75) is 44.4 Å². The number of aryl methyl sites for hydroxylation is 1. The third kappa shape index (κ3) is 2.75. The molecule has 0 bridgehead atoms. The van der Waals surface area contributed by atoms with E-state index in [-0.39, 0.29) is 0 Å². The third-order valence-corrected chi connectivity index (χ3v) is 3.70. The van der Waals surface area contributed by atoms with Crippen molar-refractivity contribution in [2.24, 2.45) is 0 Å². The van der Waals surface area contributed by atoms with Crippen LogP contribution < -0.4 is 0 Å². The zero-order valence-corrected chi connectivity index (χ0v) is 9.97. The molecule has 1 aromatic rings. The molecule has 1 aliphatic rings. The van der Waals surface area contributed by atoms with Gasteiger partial charge in [-0.15, -0.1) is 11.6 Å². The zero-order valence-electron chi connectivity index (χ0n) is 9.21. The Kier molecular flexibility index (Phi) is 4.08. The minimum absolute atomic E-state index is 0.804. The van der Waals surface area contributed by atoms with Gasteiger partial charge in [-0.1, -0.05) is 30.7 Å². The number of hydrogen-bond acceptors (Lipinski definition) is 0. The lowest BCUT2D eigenvalue weighted by Gasteiger charge is -2.25. The van der Waals surface area contributed by atoms with Gasteiger partial charge in [-0.25, -0.2) is 0 Å². The molecule has 1 atom stereocenters. The standard InChI is InChI=1S/C14H19Cl/c15-11-4-3-7-13-9-5-8-12-6-1-2-10-14(12)13/h1-2,6,10,13H,3-5,7-9,11H2/t13-/m1/s1. The summed E-state index contributed by atoms with van der Waals surface area (Å²) in [5, 5.41) is 0. The van der Waals surface area contributed by atoms with Gasteiger partial charge in [-0.3, -0.25) is 0 Å². The van der Waals surface area contributed by atoms with E-state index < -0.39 is 0 Å². The topological polar surface area (TPSA) is 0 Å². The average Bonchev–Trinajstić information content (AvgIpc) is 2.30. The van der Waals surface area contributed by atoms with Crippen LogP contribution in [0.15, 0.2) is 24.3 Å². The number of halogens is 1. The van der Waals surface area contributed by atoms with Crippen LogP contribution >= 0.6 is 11.6 Å². The third-order valence-electron chi connectivity index (χ3n) is 3.43. The van der Waals surface area contributed by atoms with Crippen molar-refractivity contribution >= 4 is 11.6 Å². The average molecular weight is 223 g/mol. The van der Waals surface area contributed by atoms with Crippen molar-refractivity contribution in [3.05, 3.63) is 35.4 Å². The Morgan fingerprint density at radius 3 is 2.93 bits per heavy atom. The highest BCUT2D eigenvalue weighted by molar-refractivity contribution is 6.17. The highest BCUT2D eigenvalue weighted by Crippen LogP contribution is 2.34. The van der Waals surface area contributed by atoms with Gasteiger partial charge >= 0.3 is 0 Å². The van der Waals surface area contributed by atoms with Crippen LogP contribution in [0.1, 0.15) is 49.1 Å². The fraction of sp³-hybridized carbons (Fsp3) is 0.571. The van der Waals surface area contributed by atoms with E-state index in [0.29, 0.717) is 0 Å². The molecule has 0 N–H and O–H groups in total. The maximum atomic E-state index is 5.72. The molecule has 0 amide bonds. The summed E-state index contributed by atoms with van der Waals surface area (Å²) in [6.07, 6.45) is 7.79. The van der Waals surface area contributed by atoms with Gasteiger partial charge in [0.2, 0.25) is 0 Å². The molecule has 0 aliphatic heterocycles. The lowest BCUT2D eigenvalue weighted by molar-refractivity contribution is 0.502. The second kappa shape index (κ2) is 5.55. The zero-order chi connectivity index (χ0) is 10.5. The second-order valence-corrected chi connectivity index (χ2v) is 4.85. The molecule has 1 heteroatoms. The molecule has 0 spiro atoms. The Labute approximate surface area is 97.6 Å². The van der Waals surface area contributed by atoms with Crippen molar-refractivity contribution in [3.8, 4) is 0 Å². The largest absolute Gasteiger partial charge is 0.127 e. The first-order chi connectivity index (χ1) is 7.42. The Morgan fingerprint density at radius 2 is 2.07 bits per heavy atom. The summed E-state index contributed by atoms with van der Waals surface area (Å²) >= 11 is 5.72. The number of hydrogen-bond donors (Lipinski definition) is 0. The Bertz CT molecular complexity index is 306. The van der Waals surface area contributed by atoms with E-state index in [2.05, 4.69) is 24.3 Å². The summed E-state index contributed by atoms with van der Waals surface area (Å²) < 4.78 is 0. The molecule has 0 saturated heterocycles. The minimum Gasteiger partial charge on any atom is -0.127 e. The Morgan fingerprint density at radius 1 is 1.20 bits per heavy atom. The van der Waals surface area contributed by atoms with Gasteiger partial charge in [-0.2, -0.15) is 0 Å². The van der Waals surface area contributed by atoms with Crippen molar-refractivity contribution in [1.82, 2.24) is 0 Å². The van der Waals surface area contributed by atoms with Crippen LogP contribution in [-0.4, -0.2) is 5.88 Å². The number of alkyl halides is 1. The van der Waals surface area contributed by atoms with Crippen LogP contribution in [0.2, 0.25) is 0 Å². The van der Waals surface area contributed by atoms with Gasteiger partial charge in [0.05, 0.1) is 0 Å². The van der Waals surface area contributed by atoms with Gasteiger partial charge in [0.25, 0.3) is 0 Å². The molecule has 2 rings (SSSR count). The van der Waals surface area contributed by atoms with E-state index in [0.717, 1.165) is 11.8 Å². The molecule has 0 heterocycles. The highest BCUT2D eigenvalue weighted by atomic mass is 35.5. The maximum Gasteiger partial charge on any atom is 0.0223 e. The number of benzene rings is 1. The van der Waals surface area contributed by atoms with Gasteiger partial charge in [0, 0.05) is 5.88 Å². The Hall–Kier alpha value is -0.490. The van der Waals surface area contributed by atoms with E-state index in [1.165, 1.54) is 38.5 Å². The van der Waals surface area contributed by atoms with Gasteiger partial charge in [-0.05, 0) is 49.1 Å². The lowest BCUT2D eigenvalue weighted by atomic mass is 9.80. The summed E-state index contributed by atoms with van der Waals surface area (Å²) in [7, 11) is 0. The van der Waals surface area contributed by atoms with Crippen LogP contribution in [0.3, 0.4) is 0 Å². The van der Waals surface area contributed by atoms with E-state index >= 15 is 0 Å². The van der Waals surface area contributed by atoms with Crippen molar-refractivity contribution in [1.29, 1.82) is 0 Å². The fourth-order valence-corrected chi connectivity index (χ4v) is 2.83. The van der Waals surface area contributed by atoms with Crippen LogP contribution in [0.4, 0.5) is 0 Å². The first-order valence-corrected chi connectivity index (χ1v) is 6.59. The van der Waals surface area contributed by atoms with Gasteiger partial charge in [0.15, 0.2) is 0 Å². The van der Waals surface area contributed by atoms with Crippen LogP contribution in [-0.2, 0) is 6.42 Å².